The molecule has 31 heavy (non-hydrogen) atoms. The van der Waals surface area contributed by atoms with E-state index in [1.165, 1.54) is 68.1 Å². The highest BCUT2D eigenvalue weighted by molar-refractivity contribution is 5.29. The van der Waals surface area contributed by atoms with E-state index in [0.717, 1.165) is 43.4 Å². The van der Waals surface area contributed by atoms with E-state index in [9.17, 15) is 4.39 Å². The monoisotopic (exact) mass is 420 g/mol. The van der Waals surface area contributed by atoms with Gasteiger partial charge in [-0.3, -0.25) is 4.39 Å². The predicted octanol–water partition coefficient (Wildman–Crippen LogP) is 8.79. The fourth-order valence-electron chi connectivity index (χ4n) is 5.95. The second kappa shape index (κ2) is 11.3. The van der Waals surface area contributed by atoms with Gasteiger partial charge >= 0.3 is 0 Å². The summed E-state index contributed by atoms with van der Waals surface area (Å²) in [6, 6.07) is 19.0. The number of aryl methyl sites for hydroxylation is 2. The van der Waals surface area contributed by atoms with E-state index in [4.69, 9.17) is 0 Å². The van der Waals surface area contributed by atoms with Gasteiger partial charge in [-0.05, 0) is 110 Å². The Balaban J connectivity index is 1.23. The van der Waals surface area contributed by atoms with Crippen molar-refractivity contribution in [1.29, 1.82) is 0 Å². The third-order valence-electron chi connectivity index (χ3n) is 8.21. The minimum Gasteiger partial charge on any atom is -0.251 e. The van der Waals surface area contributed by atoms with Gasteiger partial charge in [-0.2, -0.15) is 0 Å². The molecule has 0 bridgehead atoms. The number of alkyl halides is 1. The van der Waals surface area contributed by atoms with Crippen molar-refractivity contribution in [2.24, 2.45) is 11.8 Å². The molecule has 1 heteroatoms. The van der Waals surface area contributed by atoms with Gasteiger partial charge in [-0.15, -0.1) is 0 Å². The van der Waals surface area contributed by atoms with Gasteiger partial charge in [0.1, 0.15) is 0 Å². The molecule has 2 aromatic rings. The molecule has 2 aliphatic carbocycles. The molecule has 2 saturated carbocycles. The Bertz CT molecular complexity index is 759. The van der Waals surface area contributed by atoms with E-state index in [1.54, 1.807) is 5.56 Å². The third kappa shape index (κ3) is 6.43. The van der Waals surface area contributed by atoms with Crippen molar-refractivity contribution in [3.8, 4) is 0 Å². The van der Waals surface area contributed by atoms with Crippen molar-refractivity contribution in [3.05, 3.63) is 70.8 Å². The average Bonchev–Trinajstić information content (AvgIpc) is 2.83. The number of benzene rings is 2. The van der Waals surface area contributed by atoms with Crippen LogP contribution in [0.1, 0.15) is 105 Å². The number of hydrogen-bond donors (Lipinski definition) is 0. The predicted molar refractivity (Wildman–Crippen MR) is 131 cm³/mol. The van der Waals surface area contributed by atoms with Gasteiger partial charge in [0.05, 0.1) is 6.67 Å². The van der Waals surface area contributed by atoms with Crippen LogP contribution in [0.15, 0.2) is 48.5 Å². The van der Waals surface area contributed by atoms with Gasteiger partial charge in [0.2, 0.25) is 0 Å². The van der Waals surface area contributed by atoms with Crippen LogP contribution in [0.2, 0.25) is 0 Å². The maximum absolute atomic E-state index is 12.4. The van der Waals surface area contributed by atoms with Crippen LogP contribution in [0.3, 0.4) is 0 Å². The molecule has 0 heterocycles. The first-order valence-electron chi connectivity index (χ1n) is 12.9. The van der Waals surface area contributed by atoms with Crippen LogP contribution >= 0.6 is 0 Å². The van der Waals surface area contributed by atoms with Crippen molar-refractivity contribution in [2.75, 3.05) is 6.67 Å². The summed E-state index contributed by atoms with van der Waals surface area (Å²) in [6.45, 7) is 2.25. The van der Waals surface area contributed by atoms with Gasteiger partial charge < -0.3 is 0 Å². The van der Waals surface area contributed by atoms with Crippen LogP contribution in [-0.4, -0.2) is 6.67 Å². The maximum atomic E-state index is 12.4. The van der Waals surface area contributed by atoms with Crippen molar-refractivity contribution in [3.63, 3.8) is 0 Å². The highest BCUT2D eigenvalue weighted by atomic mass is 19.1. The van der Waals surface area contributed by atoms with Crippen molar-refractivity contribution in [2.45, 2.75) is 95.8 Å². The minimum atomic E-state index is -0.147. The second-order valence-corrected chi connectivity index (χ2v) is 10.5. The summed E-state index contributed by atoms with van der Waals surface area (Å²) in [5.74, 6) is 3.19. The Morgan fingerprint density at radius 1 is 0.645 bits per heavy atom. The van der Waals surface area contributed by atoms with Crippen LogP contribution in [0.25, 0.3) is 0 Å². The number of rotatable bonds is 8. The molecule has 0 unspecified atom stereocenters. The van der Waals surface area contributed by atoms with Crippen LogP contribution < -0.4 is 0 Å². The highest BCUT2D eigenvalue weighted by Gasteiger charge is 2.22. The molecule has 0 aliphatic heterocycles. The molecule has 0 spiro atoms. The fraction of sp³-hybridized carbons (Fsp3) is 0.600. The summed E-state index contributed by atoms with van der Waals surface area (Å²) in [6.07, 6.45) is 14.7. The lowest BCUT2D eigenvalue weighted by Crippen LogP contribution is -2.13. The van der Waals surface area contributed by atoms with E-state index < -0.39 is 0 Å². The van der Waals surface area contributed by atoms with Gasteiger partial charge in [-0.1, -0.05) is 68.3 Å². The first kappa shape index (κ1) is 22.6. The lowest BCUT2D eigenvalue weighted by atomic mass is 9.77. The van der Waals surface area contributed by atoms with Gasteiger partial charge in [0.25, 0.3) is 0 Å². The minimum absolute atomic E-state index is 0.147. The summed E-state index contributed by atoms with van der Waals surface area (Å²) in [4.78, 5) is 0. The molecular weight excluding hydrogens is 379 g/mol. The summed E-state index contributed by atoms with van der Waals surface area (Å²) in [5.41, 5.74) is 5.98. The Morgan fingerprint density at radius 2 is 1.10 bits per heavy atom. The largest absolute Gasteiger partial charge is 0.251 e. The molecule has 0 nitrogen and oxygen atoms in total. The lowest BCUT2D eigenvalue weighted by molar-refractivity contribution is 0.293. The molecule has 2 aliphatic rings. The first-order chi connectivity index (χ1) is 15.2. The zero-order chi connectivity index (χ0) is 21.5. The quantitative estimate of drug-likeness (QED) is 0.400. The van der Waals surface area contributed by atoms with Crippen LogP contribution in [0.5, 0.6) is 0 Å². The normalized spacial score (nSPS) is 26.6. The van der Waals surface area contributed by atoms with E-state index in [0.29, 0.717) is 5.92 Å². The molecule has 0 aromatic heterocycles. The third-order valence-corrected chi connectivity index (χ3v) is 8.21. The van der Waals surface area contributed by atoms with Gasteiger partial charge in [0, 0.05) is 0 Å². The van der Waals surface area contributed by atoms with Gasteiger partial charge in [0.15, 0.2) is 0 Å². The molecule has 2 fully saturated rings. The molecule has 2 aromatic carbocycles. The lowest BCUT2D eigenvalue weighted by Gasteiger charge is -2.28. The maximum Gasteiger partial charge on any atom is 0.0894 e. The summed E-state index contributed by atoms with van der Waals surface area (Å²) in [5, 5.41) is 0. The van der Waals surface area contributed by atoms with E-state index in [2.05, 4.69) is 55.5 Å². The molecule has 0 radical (unpaired) electrons. The van der Waals surface area contributed by atoms with Crippen LogP contribution in [0, 0.1) is 11.8 Å². The van der Waals surface area contributed by atoms with Crippen LogP contribution in [-0.2, 0) is 12.8 Å². The van der Waals surface area contributed by atoms with Crippen molar-refractivity contribution >= 4 is 0 Å². The Labute approximate surface area is 189 Å². The topological polar surface area (TPSA) is 0 Å². The van der Waals surface area contributed by atoms with E-state index >= 15 is 0 Å². The van der Waals surface area contributed by atoms with E-state index in [-0.39, 0.29) is 6.67 Å². The first-order valence-corrected chi connectivity index (χ1v) is 12.9. The molecule has 168 valence electrons. The molecule has 0 N–H and O–H groups in total. The molecule has 0 atom stereocenters. The SMILES string of the molecule is C[C@H]1CC[C@H](c2ccc(CCc3ccc([C@H]4CC[C@H](CCCF)CC4)cc3)cc2)CC1. The zero-order valence-electron chi connectivity index (χ0n) is 19.5. The second-order valence-electron chi connectivity index (χ2n) is 10.5. The summed E-state index contributed by atoms with van der Waals surface area (Å²) < 4.78 is 12.4. The molecule has 0 amide bonds. The Morgan fingerprint density at radius 3 is 1.55 bits per heavy atom. The number of halogens is 1. The number of hydrogen-bond acceptors (Lipinski definition) is 0. The Hall–Kier alpha value is -1.63. The smallest absolute Gasteiger partial charge is 0.0894 e. The summed E-state index contributed by atoms with van der Waals surface area (Å²) >= 11 is 0. The van der Waals surface area contributed by atoms with Gasteiger partial charge in [-0.25, -0.2) is 0 Å². The fourth-order valence-corrected chi connectivity index (χ4v) is 5.95. The molecular formula is C30H41F. The zero-order valence-corrected chi connectivity index (χ0v) is 19.5. The summed E-state index contributed by atoms with van der Waals surface area (Å²) in [7, 11) is 0. The Kier molecular flexibility index (Phi) is 8.22. The van der Waals surface area contributed by atoms with Crippen LogP contribution in [0.4, 0.5) is 4.39 Å². The average molecular weight is 421 g/mol. The van der Waals surface area contributed by atoms with E-state index in [1.807, 2.05) is 0 Å². The highest BCUT2D eigenvalue weighted by Crippen LogP contribution is 2.38. The van der Waals surface area contributed by atoms with Crippen molar-refractivity contribution in [1.82, 2.24) is 0 Å². The standard InChI is InChI=1S/C30H41F/c1-23-4-14-27(15-5-23)28-18-10-25(11-19-28)6-7-26-12-20-30(21-13-26)29-16-8-24(9-17-29)3-2-22-31/h10-13,18-21,23-24,27,29H,2-9,14-17,22H2,1H3/t23-,24-,27-,29-. The molecule has 0 saturated heterocycles. The van der Waals surface area contributed by atoms with Crippen molar-refractivity contribution < 1.29 is 4.39 Å². The molecule has 4 rings (SSSR count).